The van der Waals surface area contributed by atoms with Crippen molar-refractivity contribution >= 4 is 15.9 Å². The summed E-state index contributed by atoms with van der Waals surface area (Å²) in [6, 6.07) is 4.32. The fraction of sp³-hybridized carbons (Fsp3) is 0.167. The number of nitrogens with two attached hydrogens (primary N) is 1. The summed E-state index contributed by atoms with van der Waals surface area (Å²) in [5, 5.41) is 0. The number of nitrogens with zero attached hydrogens (tertiary/aromatic N) is 2. The maximum Gasteiger partial charge on any atom is 0.322 e. The molecule has 18 heavy (non-hydrogen) atoms. The Labute approximate surface area is 112 Å². The number of ether oxygens (including phenoxy) is 1. The second kappa shape index (κ2) is 5.41. The number of rotatable bonds is 3. The van der Waals surface area contributed by atoms with Gasteiger partial charge in [-0.05, 0) is 35.0 Å². The minimum Gasteiger partial charge on any atom is -0.423 e. The van der Waals surface area contributed by atoms with Crippen LogP contribution in [0.1, 0.15) is 11.3 Å². The lowest BCUT2D eigenvalue weighted by atomic mass is 10.2. The van der Waals surface area contributed by atoms with Crippen molar-refractivity contribution in [1.29, 1.82) is 0 Å². The molecule has 2 aromatic rings. The summed E-state index contributed by atoms with van der Waals surface area (Å²) in [7, 11) is 0. The highest BCUT2D eigenvalue weighted by Crippen LogP contribution is 2.28. The zero-order valence-electron chi connectivity index (χ0n) is 9.65. The highest BCUT2D eigenvalue weighted by molar-refractivity contribution is 9.10. The van der Waals surface area contributed by atoms with Gasteiger partial charge in [0, 0.05) is 30.1 Å². The fourth-order valence-corrected chi connectivity index (χ4v) is 1.70. The maximum absolute atomic E-state index is 13.1. The van der Waals surface area contributed by atoms with Gasteiger partial charge in [-0.2, -0.15) is 4.98 Å². The smallest absolute Gasteiger partial charge is 0.322 e. The molecular weight excluding hydrogens is 301 g/mol. The molecule has 0 aliphatic rings. The van der Waals surface area contributed by atoms with E-state index in [-0.39, 0.29) is 11.8 Å². The molecule has 2 N–H and O–H groups in total. The minimum atomic E-state index is -0.386. The zero-order valence-corrected chi connectivity index (χ0v) is 11.2. The molecular formula is C12H11BrFN3O. The first-order valence-electron chi connectivity index (χ1n) is 5.25. The van der Waals surface area contributed by atoms with Gasteiger partial charge in [-0.1, -0.05) is 0 Å². The van der Waals surface area contributed by atoms with Gasteiger partial charge in [-0.3, -0.25) is 0 Å². The number of hydrogen-bond acceptors (Lipinski definition) is 4. The van der Waals surface area contributed by atoms with Gasteiger partial charge in [-0.25, -0.2) is 9.37 Å². The Morgan fingerprint density at radius 3 is 2.89 bits per heavy atom. The molecule has 0 aliphatic heterocycles. The Morgan fingerprint density at radius 2 is 2.22 bits per heavy atom. The van der Waals surface area contributed by atoms with Crippen LogP contribution in [0.3, 0.4) is 0 Å². The van der Waals surface area contributed by atoms with Crippen LogP contribution in [0.5, 0.6) is 11.8 Å². The van der Waals surface area contributed by atoms with E-state index < -0.39 is 0 Å². The fourth-order valence-electron chi connectivity index (χ4n) is 1.37. The van der Waals surface area contributed by atoms with Gasteiger partial charge in [0.05, 0.1) is 4.47 Å². The van der Waals surface area contributed by atoms with E-state index in [0.717, 1.165) is 11.3 Å². The Balaban J connectivity index is 2.28. The third-order valence-corrected chi connectivity index (χ3v) is 3.03. The van der Waals surface area contributed by atoms with E-state index in [2.05, 4.69) is 25.9 Å². The minimum absolute atomic E-state index is 0.163. The average molecular weight is 312 g/mol. The van der Waals surface area contributed by atoms with Crippen molar-refractivity contribution in [3.05, 3.63) is 45.9 Å². The van der Waals surface area contributed by atoms with Crippen molar-refractivity contribution in [2.45, 2.75) is 13.5 Å². The third-order valence-electron chi connectivity index (χ3n) is 2.37. The first-order chi connectivity index (χ1) is 8.60. The van der Waals surface area contributed by atoms with Crippen LogP contribution < -0.4 is 10.5 Å². The molecule has 0 saturated carbocycles. The molecule has 1 heterocycles. The summed E-state index contributed by atoms with van der Waals surface area (Å²) < 4.78 is 19.1. The Hall–Kier alpha value is -1.53. The van der Waals surface area contributed by atoms with E-state index in [0.29, 0.717) is 16.8 Å². The van der Waals surface area contributed by atoms with Gasteiger partial charge in [0.1, 0.15) is 11.6 Å². The lowest BCUT2D eigenvalue weighted by Crippen LogP contribution is -2.03. The molecule has 4 nitrogen and oxygen atoms in total. The molecule has 0 amide bonds. The van der Waals surface area contributed by atoms with Crippen LogP contribution in [0.25, 0.3) is 0 Å². The first kappa shape index (κ1) is 12.9. The van der Waals surface area contributed by atoms with Crippen molar-refractivity contribution in [3.8, 4) is 11.8 Å². The van der Waals surface area contributed by atoms with Crippen LogP contribution in [-0.2, 0) is 6.54 Å². The van der Waals surface area contributed by atoms with Gasteiger partial charge in [0.2, 0.25) is 0 Å². The molecule has 0 aliphatic carbocycles. The van der Waals surface area contributed by atoms with Gasteiger partial charge in [0.25, 0.3) is 0 Å². The SMILES string of the molecule is Cc1nc(Oc2cc(F)ccc2Br)ncc1CN. The molecule has 6 heteroatoms. The molecule has 0 saturated heterocycles. The molecule has 0 spiro atoms. The monoisotopic (exact) mass is 311 g/mol. The largest absolute Gasteiger partial charge is 0.423 e. The highest BCUT2D eigenvalue weighted by atomic mass is 79.9. The zero-order chi connectivity index (χ0) is 13.1. The predicted molar refractivity (Wildman–Crippen MR) is 68.8 cm³/mol. The number of hydrogen-bond donors (Lipinski definition) is 1. The van der Waals surface area contributed by atoms with E-state index in [1.807, 2.05) is 6.92 Å². The molecule has 0 fully saturated rings. The molecule has 94 valence electrons. The van der Waals surface area contributed by atoms with Crippen molar-refractivity contribution < 1.29 is 9.13 Å². The van der Waals surface area contributed by atoms with Crippen LogP contribution in [0.15, 0.2) is 28.9 Å². The van der Waals surface area contributed by atoms with Crippen LogP contribution in [0.2, 0.25) is 0 Å². The first-order valence-corrected chi connectivity index (χ1v) is 6.05. The van der Waals surface area contributed by atoms with Crippen LogP contribution in [0, 0.1) is 12.7 Å². The van der Waals surface area contributed by atoms with E-state index in [9.17, 15) is 4.39 Å². The van der Waals surface area contributed by atoms with E-state index in [4.69, 9.17) is 10.5 Å². The molecule has 1 aromatic heterocycles. The Morgan fingerprint density at radius 1 is 1.44 bits per heavy atom. The Kier molecular flexibility index (Phi) is 3.88. The Bertz CT molecular complexity index is 577. The van der Waals surface area contributed by atoms with Gasteiger partial charge in [-0.15, -0.1) is 0 Å². The maximum atomic E-state index is 13.1. The van der Waals surface area contributed by atoms with Crippen LogP contribution in [-0.4, -0.2) is 9.97 Å². The van der Waals surface area contributed by atoms with Crippen molar-refractivity contribution in [2.75, 3.05) is 0 Å². The molecule has 0 atom stereocenters. The summed E-state index contributed by atoms with van der Waals surface area (Å²) in [6.07, 6.45) is 1.60. The van der Waals surface area contributed by atoms with E-state index in [1.165, 1.54) is 12.1 Å². The van der Waals surface area contributed by atoms with Crippen LogP contribution in [0.4, 0.5) is 4.39 Å². The van der Waals surface area contributed by atoms with Gasteiger partial charge < -0.3 is 10.5 Å². The second-order valence-electron chi connectivity index (χ2n) is 3.64. The molecule has 1 aromatic carbocycles. The number of benzene rings is 1. The normalized spacial score (nSPS) is 10.4. The van der Waals surface area contributed by atoms with Crippen molar-refractivity contribution in [1.82, 2.24) is 9.97 Å². The van der Waals surface area contributed by atoms with E-state index in [1.54, 1.807) is 12.3 Å². The topological polar surface area (TPSA) is 61.0 Å². The molecule has 0 radical (unpaired) electrons. The van der Waals surface area contributed by atoms with E-state index >= 15 is 0 Å². The second-order valence-corrected chi connectivity index (χ2v) is 4.50. The summed E-state index contributed by atoms with van der Waals surface area (Å²) in [5.41, 5.74) is 7.11. The number of aromatic nitrogens is 2. The number of aryl methyl sites for hydroxylation is 1. The highest BCUT2D eigenvalue weighted by Gasteiger charge is 2.08. The standard InChI is InChI=1S/C12H11BrFN3O/c1-7-8(5-15)6-16-12(17-7)18-11-4-9(14)2-3-10(11)13/h2-4,6H,5,15H2,1H3. The van der Waals surface area contributed by atoms with Crippen molar-refractivity contribution in [3.63, 3.8) is 0 Å². The quantitative estimate of drug-likeness (QED) is 0.946. The van der Waals surface area contributed by atoms with Gasteiger partial charge >= 0.3 is 6.01 Å². The van der Waals surface area contributed by atoms with Crippen LogP contribution >= 0.6 is 15.9 Å². The third kappa shape index (κ3) is 2.83. The lowest BCUT2D eigenvalue weighted by Gasteiger charge is -2.08. The summed E-state index contributed by atoms with van der Waals surface area (Å²) in [6.45, 7) is 2.19. The predicted octanol–water partition coefficient (Wildman–Crippen LogP) is 2.94. The molecule has 2 rings (SSSR count). The summed E-state index contributed by atoms with van der Waals surface area (Å²) in [4.78, 5) is 8.17. The van der Waals surface area contributed by atoms with Gasteiger partial charge in [0.15, 0.2) is 0 Å². The van der Waals surface area contributed by atoms with Crippen molar-refractivity contribution in [2.24, 2.45) is 5.73 Å². The lowest BCUT2D eigenvalue weighted by molar-refractivity contribution is 0.433. The summed E-state index contributed by atoms with van der Waals surface area (Å²) >= 11 is 3.27. The molecule has 0 bridgehead atoms. The molecule has 0 unspecified atom stereocenters. The number of halogens is 2. The average Bonchev–Trinajstić information content (AvgIpc) is 2.34. The summed E-state index contributed by atoms with van der Waals surface area (Å²) in [5.74, 6) is -0.0570.